The first-order valence-corrected chi connectivity index (χ1v) is 7.32. The van der Waals surface area contributed by atoms with Crippen LogP contribution in [0.15, 0.2) is 42.5 Å². The van der Waals surface area contributed by atoms with Gasteiger partial charge in [0.05, 0.1) is 12.7 Å². The lowest BCUT2D eigenvalue weighted by Crippen LogP contribution is -2.15. The molecular formula is C18H16FNO5. The molecule has 25 heavy (non-hydrogen) atoms. The van der Waals surface area contributed by atoms with Crippen LogP contribution in [0.1, 0.15) is 27.6 Å². The molecule has 0 unspecified atom stereocenters. The van der Waals surface area contributed by atoms with E-state index in [4.69, 9.17) is 9.47 Å². The molecule has 0 saturated heterocycles. The molecule has 130 valence electrons. The first-order valence-electron chi connectivity index (χ1n) is 7.32. The average molecular weight is 345 g/mol. The van der Waals surface area contributed by atoms with Crippen molar-refractivity contribution in [1.82, 2.24) is 0 Å². The van der Waals surface area contributed by atoms with Gasteiger partial charge in [0.2, 0.25) is 5.91 Å². The van der Waals surface area contributed by atoms with Gasteiger partial charge in [-0.25, -0.2) is 9.18 Å². The fourth-order valence-corrected chi connectivity index (χ4v) is 2.02. The third kappa shape index (κ3) is 4.87. The maximum atomic E-state index is 13.8. The number of amides is 1. The van der Waals surface area contributed by atoms with Crippen molar-refractivity contribution >= 4 is 23.3 Å². The van der Waals surface area contributed by atoms with Crippen LogP contribution in [0, 0.1) is 5.82 Å². The molecule has 1 N–H and O–H groups in total. The molecule has 0 radical (unpaired) electrons. The second-order valence-electron chi connectivity index (χ2n) is 5.10. The third-order valence-corrected chi connectivity index (χ3v) is 3.26. The first-order chi connectivity index (χ1) is 11.9. The average Bonchev–Trinajstić information content (AvgIpc) is 2.59. The van der Waals surface area contributed by atoms with Gasteiger partial charge in [-0.15, -0.1) is 0 Å². The molecule has 6 nitrogen and oxygen atoms in total. The van der Waals surface area contributed by atoms with Gasteiger partial charge in [0.1, 0.15) is 11.6 Å². The van der Waals surface area contributed by atoms with Crippen molar-refractivity contribution < 1.29 is 28.2 Å². The highest BCUT2D eigenvalue weighted by atomic mass is 19.1. The molecule has 0 heterocycles. The summed E-state index contributed by atoms with van der Waals surface area (Å²) in [5.74, 6) is -2.14. The fraction of sp³-hybridized carbons (Fsp3) is 0.167. The Labute approximate surface area is 143 Å². The van der Waals surface area contributed by atoms with E-state index in [2.05, 4.69) is 5.32 Å². The second-order valence-corrected chi connectivity index (χ2v) is 5.10. The Morgan fingerprint density at radius 1 is 1.08 bits per heavy atom. The highest BCUT2D eigenvalue weighted by Crippen LogP contribution is 2.17. The van der Waals surface area contributed by atoms with E-state index in [0.29, 0.717) is 11.3 Å². The number of Topliss-reactive ketones (excluding diaryl/α,β-unsaturated/α-hetero) is 1. The summed E-state index contributed by atoms with van der Waals surface area (Å²) in [5.41, 5.74) is 0.563. The van der Waals surface area contributed by atoms with E-state index in [1.807, 2.05) is 0 Å². The maximum absolute atomic E-state index is 13.8. The van der Waals surface area contributed by atoms with E-state index in [9.17, 15) is 18.8 Å². The molecule has 2 aromatic carbocycles. The SMILES string of the molecule is COc1ccc(C(=O)OCC(=O)c2ccc(NC(C)=O)cc2)c(F)c1. The van der Waals surface area contributed by atoms with Crippen LogP contribution in [0.5, 0.6) is 5.75 Å². The van der Waals surface area contributed by atoms with Gasteiger partial charge < -0.3 is 14.8 Å². The van der Waals surface area contributed by atoms with Crippen molar-refractivity contribution in [1.29, 1.82) is 0 Å². The quantitative estimate of drug-likeness (QED) is 0.643. The lowest BCUT2D eigenvalue weighted by molar-refractivity contribution is -0.114. The summed E-state index contributed by atoms with van der Waals surface area (Å²) in [6.07, 6.45) is 0. The number of ether oxygens (including phenoxy) is 2. The van der Waals surface area contributed by atoms with Crippen molar-refractivity contribution in [2.75, 3.05) is 19.0 Å². The van der Waals surface area contributed by atoms with E-state index >= 15 is 0 Å². The lowest BCUT2D eigenvalue weighted by atomic mass is 10.1. The number of halogens is 1. The Bertz CT molecular complexity index is 802. The number of ketones is 1. The summed E-state index contributed by atoms with van der Waals surface area (Å²) < 4.78 is 23.5. The Hall–Kier alpha value is -3.22. The topological polar surface area (TPSA) is 81.7 Å². The second kappa shape index (κ2) is 8.05. The number of methoxy groups -OCH3 is 1. The summed E-state index contributed by atoms with van der Waals surface area (Å²) in [6.45, 7) is 0.848. The zero-order chi connectivity index (χ0) is 18.4. The van der Waals surface area contributed by atoms with E-state index in [-0.39, 0.29) is 17.2 Å². The summed E-state index contributed by atoms with van der Waals surface area (Å²) in [4.78, 5) is 34.8. The van der Waals surface area contributed by atoms with Gasteiger partial charge in [-0.2, -0.15) is 0 Å². The molecule has 0 aliphatic rings. The van der Waals surface area contributed by atoms with Crippen LogP contribution >= 0.6 is 0 Å². The van der Waals surface area contributed by atoms with E-state index in [0.717, 1.165) is 6.07 Å². The Kier molecular flexibility index (Phi) is 5.84. The molecule has 0 spiro atoms. The van der Waals surface area contributed by atoms with Crippen molar-refractivity contribution in [3.8, 4) is 5.75 Å². The van der Waals surface area contributed by atoms with Crippen LogP contribution in [0.4, 0.5) is 10.1 Å². The minimum atomic E-state index is -0.941. The van der Waals surface area contributed by atoms with E-state index in [1.165, 1.54) is 38.3 Å². The number of carbonyl (C=O) groups is 3. The Balaban J connectivity index is 1.97. The minimum Gasteiger partial charge on any atom is -0.497 e. The van der Waals surface area contributed by atoms with Crippen LogP contribution in [0.3, 0.4) is 0 Å². The van der Waals surface area contributed by atoms with Crippen LogP contribution in [0.2, 0.25) is 0 Å². The third-order valence-electron chi connectivity index (χ3n) is 3.26. The normalized spacial score (nSPS) is 10.0. The molecular weight excluding hydrogens is 329 g/mol. The number of rotatable bonds is 6. The lowest BCUT2D eigenvalue weighted by Gasteiger charge is -2.07. The molecule has 7 heteroatoms. The van der Waals surface area contributed by atoms with Crippen molar-refractivity contribution in [3.63, 3.8) is 0 Å². The molecule has 0 saturated carbocycles. The molecule has 0 aliphatic carbocycles. The zero-order valence-corrected chi connectivity index (χ0v) is 13.7. The van der Waals surface area contributed by atoms with Crippen LogP contribution < -0.4 is 10.1 Å². The molecule has 2 aromatic rings. The highest BCUT2D eigenvalue weighted by molar-refractivity contribution is 6.00. The predicted octanol–water partition coefficient (Wildman–Crippen LogP) is 2.83. The van der Waals surface area contributed by atoms with Crippen molar-refractivity contribution in [2.24, 2.45) is 0 Å². The van der Waals surface area contributed by atoms with Crippen LogP contribution in [-0.4, -0.2) is 31.4 Å². The molecule has 0 fully saturated rings. The van der Waals surface area contributed by atoms with Gasteiger partial charge in [-0.05, 0) is 36.4 Å². The summed E-state index contributed by atoms with van der Waals surface area (Å²) in [5, 5.41) is 2.57. The smallest absolute Gasteiger partial charge is 0.341 e. The van der Waals surface area contributed by atoms with E-state index in [1.54, 1.807) is 12.1 Å². The highest BCUT2D eigenvalue weighted by Gasteiger charge is 2.16. The maximum Gasteiger partial charge on any atom is 0.341 e. The Morgan fingerprint density at radius 3 is 2.32 bits per heavy atom. The van der Waals surface area contributed by atoms with Gasteiger partial charge in [-0.1, -0.05) is 0 Å². The van der Waals surface area contributed by atoms with E-state index < -0.39 is 24.2 Å². The molecule has 0 aliphatic heterocycles. The fourth-order valence-electron chi connectivity index (χ4n) is 2.02. The monoisotopic (exact) mass is 345 g/mol. The molecule has 0 atom stereocenters. The number of benzene rings is 2. The molecule has 2 rings (SSSR count). The number of carbonyl (C=O) groups excluding carboxylic acids is 3. The van der Waals surface area contributed by atoms with Crippen molar-refractivity contribution in [2.45, 2.75) is 6.92 Å². The van der Waals surface area contributed by atoms with Gasteiger partial charge in [-0.3, -0.25) is 9.59 Å². The summed E-state index contributed by atoms with van der Waals surface area (Å²) >= 11 is 0. The van der Waals surface area contributed by atoms with Gasteiger partial charge >= 0.3 is 5.97 Å². The number of hydrogen-bond donors (Lipinski definition) is 1. The number of nitrogens with one attached hydrogen (secondary N) is 1. The minimum absolute atomic E-state index is 0.227. The zero-order valence-electron chi connectivity index (χ0n) is 13.7. The molecule has 1 amide bonds. The number of anilines is 1. The number of esters is 1. The van der Waals surface area contributed by atoms with Gasteiger partial charge in [0, 0.05) is 24.2 Å². The van der Waals surface area contributed by atoms with Crippen LogP contribution in [-0.2, 0) is 9.53 Å². The van der Waals surface area contributed by atoms with Gasteiger partial charge in [0.25, 0.3) is 0 Å². The standard InChI is InChI=1S/C18H16FNO5/c1-11(21)20-13-5-3-12(4-6-13)17(22)10-25-18(23)15-8-7-14(24-2)9-16(15)19/h3-9H,10H2,1-2H3,(H,20,21). The molecule has 0 bridgehead atoms. The number of hydrogen-bond acceptors (Lipinski definition) is 5. The largest absolute Gasteiger partial charge is 0.497 e. The first kappa shape index (κ1) is 18.1. The molecule has 0 aromatic heterocycles. The van der Waals surface area contributed by atoms with Crippen molar-refractivity contribution in [3.05, 3.63) is 59.4 Å². The Morgan fingerprint density at radius 2 is 1.76 bits per heavy atom. The van der Waals surface area contributed by atoms with Crippen LogP contribution in [0.25, 0.3) is 0 Å². The van der Waals surface area contributed by atoms with Gasteiger partial charge in [0.15, 0.2) is 12.4 Å². The predicted molar refractivity (Wildman–Crippen MR) is 88.3 cm³/mol. The summed E-state index contributed by atoms with van der Waals surface area (Å²) in [7, 11) is 1.38. The summed E-state index contributed by atoms with van der Waals surface area (Å²) in [6, 6.07) is 9.80.